The Morgan fingerprint density at radius 1 is 1.32 bits per heavy atom. The molecule has 0 aliphatic heterocycles. The van der Waals surface area contributed by atoms with E-state index >= 15 is 0 Å². The Kier molecular flexibility index (Phi) is 6.14. The van der Waals surface area contributed by atoms with Gasteiger partial charge >= 0.3 is 6.18 Å². The van der Waals surface area contributed by atoms with Gasteiger partial charge in [-0.1, -0.05) is 30.7 Å². The van der Waals surface area contributed by atoms with Crippen LogP contribution in [0.1, 0.15) is 43.4 Å². The van der Waals surface area contributed by atoms with E-state index in [1.165, 1.54) is 0 Å². The molecule has 19 heavy (non-hydrogen) atoms. The zero-order valence-electron chi connectivity index (χ0n) is 11.1. The molecule has 1 rings (SSSR count). The van der Waals surface area contributed by atoms with Crippen molar-refractivity contribution in [3.8, 4) is 0 Å². The zero-order chi connectivity index (χ0) is 14.5. The number of hydrogen-bond acceptors (Lipinski definition) is 1. The van der Waals surface area contributed by atoms with Gasteiger partial charge in [-0.2, -0.15) is 13.2 Å². The van der Waals surface area contributed by atoms with Gasteiger partial charge < -0.3 is 5.32 Å². The SMILES string of the molecule is CCCNC(CCC(F)(F)F)c1ccc(C)c(Cl)c1. The van der Waals surface area contributed by atoms with Crippen molar-refractivity contribution in [1.82, 2.24) is 5.32 Å². The van der Waals surface area contributed by atoms with Crippen molar-refractivity contribution in [2.45, 2.75) is 45.3 Å². The number of rotatable bonds is 6. The van der Waals surface area contributed by atoms with Crippen LogP contribution < -0.4 is 5.32 Å². The van der Waals surface area contributed by atoms with Gasteiger partial charge in [0.05, 0.1) is 0 Å². The van der Waals surface area contributed by atoms with E-state index in [9.17, 15) is 13.2 Å². The molecule has 1 nitrogen and oxygen atoms in total. The third kappa shape index (κ3) is 5.83. The van der Waals surface area contributed by atoms with E-state index < -0.39 is 12.6 Å². The van der Waals surface area contributed by atoms with Crippen molar-refractivity contribution in [3.63, 3.8) is 0 Å². The van der Waals surface area contributed by atoms with Gasteiger partial charge in [0, 0.05) is 17.5 Å². The predicted molar refractivity (Wildman–Crippen MR) is 72.5 cm³/mol. The number of halogens is 4. The molecule has 0 amide bonds. The predicted octanol–water partition coefficient (Wildman–Crippen LogP) is 5.03. The summed E-state index contributed by atoms with van der Waals surface area (Å²) >= 11 is 6.03. The van der Waals surface area contributed by atoms with E-state index in [1.54, 1.807) is 6.07 Å². The fraction of sp³-hybridized carbons (Fsp3) is 0.571. The number of alkyl halides is 3. The molecular weight excluding hydrogens is 275 g/mol. The molecule has 0 saturated heterocycles. The summed E-state index contributed by atoms with van der Waals surface area (Å²) in [5, 5.41) is 3.74. The molecule has 0 bridgehead atoms. The number of hydrogen-bond donors (Lipinski definition) is 1. The van der Waals surface area contributed by atoms with Crippen LogP contribution >= 0.6 is 11.6 Å². The molecule has 5 heteroatoms. The summed E-state index contributed by atoms with van der Waals surface area (Å²) in [6.45, 7) is 4.54. The molecule has 0 aliphatic carbocycles. The molecule has 0 aromatic heterocycles. The fourth-order valence-electron chi connectivity index (χ4n) is 1.84. The summed E-state index contributed by atoms with van der Waals surface area (Å²) in [7, 11) is 0. The maximum Gasteiger partial charge on any atom is 0.389 e. The Morgan fingerprint density at radius 3 is 2.53 bits per heavy atom. The normalized spacial score (nSPS) is 13.6. The van der Waals surface area contributed by atoms with Crippen molar-refractivity contribution in [2.75, 3.05) is 6.54 Å². The van der Waals surface area contributed by atoms with Crippen LogP contribution in [0.25, 0.3) is 0 Å². The lowest BCUT2D eigenvalue weighted by atomic mass is 10.0. The summed E-state index contributed by atoms with van der Waals surface area (Å²) in [4.78, 5) is 0. The van der Waals surface area contributed by atoms with E-state index in [4.69, 9.17) is 11.6 Å². The second-order valence-corrected chi connectivity index (χ2v) is 5.08. The van der Waals surface area contributed by atoms with E-state index in [-0.39, 0.29) is 12.5 Å². The lowest BCUT2D eigenvalue weighted by Gasteiger charge is -2.20. The molecular formula is C14H19ClF3N. The molecule has 1 atom stereocenters. The molecule has 0 saturated carbocycles. The minimum Gasteiger partial charge on any atom is -0.310 e. The molecule has 1 aromatic rings. The lowest BCUT2D eigenvalue weighted by Crippen LogP contribution is -2.24. The second kappa shape index (κ2) is 7.15. The van der Waals surface area contributed by atoms with Gasteiger partial charge in [-0.05, 0) is 43.5 Å². The van der Waals surface area contributed by atoms with Crippen LogP contribution in [0.4, 0.5) is 13.2 Å². The second-order valence-electron chi connectivity index (χ2n) is 4.67. The van der Waals surface area contributed by atoms with Crippen LogP contribution in [0.15, 0.2) is 18.2 Å². The molecule has 0 fully saturated rings. The highest BCUT2D eigenvalue weighted by molar-refractivity contribution is 6.31. The van der Waals surface area contributed by atoms with Crippen LogP contribution in [-0.2, 0) is 0 Å². The van der Waals surface area contributed by atoms with Gasteiger partial charge in [0.25, 0.3) is 0 Å². The maximum atomic E-state index is 12.3. The Balaban J connectivity index is 2.79. The highest BCUT2D eigenvalue weighted by atomic mass is 35.5. The highest BCUT2D eigenvalue weighted by Gasteiger charge is 2.28. The van der Waals surface area contributed by atoms with Crippen LogP contribution in [0.2, 0.25) is 5.02 Å². The van der Waals surface area contributed by atoms with Gasteiger partial charge in [-0.15, -0.1) is 0 Å². The smallest absolute Gasteiger partial charge is 0.310 e. The van der Waals surface area contributed by atoms with Crippen molar-refractivity contribution in [1.29, 1.82) is 0 Å². The van der Waals surface area contributed by atoms with E-state index in [0.29, 0.717) is 11.6 Å². The van der Waals surface area contributed by atoms with E-state index in [1.807, 2.05) is 26.0 Å². The first-order chi connectivity index (χ1) is 8.83. The minimum absolute atomic E-state index is 0.0306. The van der Waals surface area contributed by atoms with Crippen LogP contribution in [-0.4, -0.2) is 12.7 Å². The standard InChI is InChI=1S/C14H19ClF3N/c1-3-8-19-13(6-7-14(16,17)18)11-5-4-10(2)12(15)9-11/h4-5,9,13,19H,3,6-8H2,1-2H3. The monoisotopic (exact) mass is 293 g/mol. The van der Waals surface area contributed by atoms with Crippen LogP contribution in [0, 0.1) is 6.92 Å². The third-order valence-electron chi connectivity index (χ3n) is 2.96. The van der Waals surface area contributed by atoms with Crippen LogP contribution in [0.5, 0.6) is 0 Å². The van der Waals surface area contributed by atoms with Crippen molar-refractivity contribution >= 4 is 11.6 Å². The van der Waals surface area contributed by atoms with Crippen molar-refractivity contribution < 1.29 is 13.2 Å². The van der Waals surface area contributed by atoms with E-state index in [2.05, 4.69) is 5.32 Å². The Morgan fingerprint density at radius 2 is 2.00 bits per heavy atom. The minimum atomic E-state index is -4.12. The third-order valence-corrected chi connectivity index (χ3v) is 3.36. The number of nitrogens with one attached hydrogen (secondary N) is 1. The quantitative estimate of drug-likeness (QED) is 0.775. The van der Waals surface area contributed by atoms with Crippen molar-refractivity contribution in [3.05, 3.63) is 34.3 Å². The Labute approximate surface area is 117 Å². The summed E-state index contributed by atoms with van der Waals surface area (Å²) < 4.78 is 37.0. The molecule has 1 unspecified atom stereocenters. The first-order valence-electron chi connectivity index (χ1n) is 6.39. The average molecular weight is 294 g/mol. The lowest BCUT2D eigenvalue weighted by molar-refractivity contribution is -0.136. The number of benzene rings is 1. The fourth-order valence-corrected chi connectivity index (χ4v) is 2.03. The molecule has 0 radical (unpaired) electrons. The van der Waals surface area contributed by atoms with Gasteiger partial charge in [-0.3, -0.25) is 0 Å². The van der Waals surface area contributed by atoms with Gasteiger partial charge in [-0.25, -0.2) is 0 Å². The molecule has 1 aromatic carbocycles. The molecule has 0 spiro atoms. The van der Waals surface area contributed by atoms with Gasteiger partial charge in [0.1, 0.15) is 0 Å². The summed E-state index contributed by atoms with van der Waals surface area (Å²) in [6.07, 6.45) is -4.01. The average Bonchev–Trinajstić information content (AvgIpc) is 2.32. The molecule has 0 aliphatic rings. The topological polar surface area (TPSA) is 12.0 Å². The maximum absolute atomic E-state index is 12.3. The van der Waals surface area contributed by atoms with Gasteiger partial charge in [0.15, 0.2) is 0 Å². The number of aryl methyl sites for hydroxylation is 1. The van der Waals surface area contributed by atoms with Gasteiger partial charge in [0.2, 0.25) is 0 Å². The molecule has 0 heterocycles. The first kappa shape index (κ1) is 16.3. The van der Waals surface area contributed by atoms with Crippen LogP contribution in [0.3, 0.4) is 0 Å². The largest absolute Gasteiger partial charge is 0.389 e. The highest BCUT2D eigenvalue weighted by Crippen LogP contribution is 2.29. The van der Waals surface area contributed by atoms with Crippen molar-refractivity contribution in [2.24, 2.45) is 0 Å². The summed E-state index contributed by atoms with van der Waals surface area (Å²) in [6, 6.07) is 5.12. The molecule has 108 valence electrons. The summed E-state index contributed by atoms with van der Waals surface area (Å²) in [5.41, 5.74) is 1.74. The Bertz CT molecular complexity index is 404. The van der Waals surface area contributed by atoms with E-state index in [0.717, 1.165) is 17.5 Å². The molecule has 1 N–H and O–H groups in total. The first-order valence-corrected chi connectivity index (χ1v) is 6.77. The summed E-state index contributed by atoms with van der Waals surface area (Å²) in [5.74, 6) is 0. The Hall–Kier alpha value is -0.740. The zero-order valence-corrected chi connectivity index (χ0v) is 11.9.